The fourth-order valence-electron chi connectivity index (χ4n) is 2.23. The lowest BCUT2D eigenvalue weighted by molar-refractivity contribution is 0.0487. The van der Waals surface area contributed by atoms with Crippen LogP contribution < -0.4 is 5.32 Å². The number of carbonyl (C=O) groups excluding carboxylic acids is 1. The normalized spacial score (nSPS) is 15.8. The van der Waals surface area contributed by atoms with Gasteiger partial charge in [0.05, 0.1) is 0 Å². The minimum Gasteiger partial charge on any atom is -0.338 e. The van der Waals surface area contributed by atoms with Crippen molar-refractivity contribution in [1.82, 2.24) is 10.2 Å². The van der Waals surface area contributed by atoms with E-state index in [4.69, 9.17) is 0 Å². The summed E-state index contributed by atoms with van der Waals surface area (Å²) in [6.07, 6.45) is 1.16. The fourth-order valence-corrected chi connectivity index (χ4v) is 2.23. The number of nitrogens with one attached hydrogen (secondary N) is 1. The Hall–Kier alpha value is -1.35. The monoisotopic (exact) mass is 232 g/mol. The van der Waals surface area contributed by atoms with Gasteiger partial charge in [-0.1, -0.05) is 17.7 Å². The van der Waals surface area contributed by atoms with E-state index in [0.29, 0.717) is 5.92 Å². The Morgan fingerprint density at radius 2 is 2.24 bits per heavy atom. The Labute approximate surface area is 103 Å². The quantitative estimate of drug-likeness (QED) is 0.856. The van der Waals surface area contributed by atoms with Crippen LogP contribution in [-0.4, -0.2) is 37.5 Å². The first-order chi connectivity index (χ1) is 8.20. The second-order valence-electron chi connectivity index (χ2n) is 4.84. The highest BCUT2D eigenvalue weighted by Crippen LogP contribution is 2.21. The summed E-state index contributed by atoms with van der Waals surface area (Å²) in [4.78, 5) is 14.0. The molecule has 0 spiro atoms. The summed E-state index contributed by atoms with van der Waals surface area (Å²) in [5.74, 6) is 0.852. The Balaban J connectivity index is 1.87. The SMILES string of the molecule is CNCCC1CN(C(=O)c2cccc(C)c2)C1. The number of amides is 1. The van der Waals surface area contributed by atoms with Gasteiger partial charge in [0.1, 0.15) is 0 Å². The van der Waals surface area contributed by atoms with Crippen LogP contribution in [0.5, 0.6) is 0 Å². The maximum absolute atomic E-state index is 12.1. The molecule has 1 aliphatic rings. The summed E-state index contributed by atoms with van der Waals surface area (Å²) in [5, 5.41) is 3.15. The van der Waals surface area contributed by atoms with Crippen LogP contribution in [0.15, 0.2) is 24.3 Å². The minimum absolute atomic E-state index is 0.175. The summed E-state index contributed by atoms with van der Waals surface area (Å²) in [5.41, 5.74) is 1.96. The molecule has 2 rings (SSSR count). The highest BCUT2D eigenvalue weighted by atomic mass is 16.2. The largest absolute Gasteiger partial charge is 0.338 e. The van der Waals surface area contributed by atoms with Crippen molar-refractivity contribution in [2.24, 2.45) is 5.92 Å². The number of aryl methyl sites for hydroxylation is 1. The van der Waals surface area contributed by atoms with E-state index in [9.17, 15) is 4.79 Å². The summed E-state index contributed by atoms with van der Waals surface area (Å²) in [6, 6.07) is 7.82. The van der Waals surface area contributed by atoms with Crippen molar-refractivity contribution in [3.8, 4) is 0 Å². The number of carbonyl (C=O) groups is 1. The zero-order chi connectivity index (χ0) is 12.3. The van der Waals surface area contributed by atoms with Crippen LogP contribution in [0.3, 0.4) is 0 Å². The summed E-state index contributed by atoms with van der Waals surface area (Å²) >= 11 is 0. The van der Waals surface area contributed by atoms with Crippen LogP contribution in [0.25, 0.3) is 0 Å². The van der Waals surface area contributed by atoms with Crippen molar-refractivity contribution >= 4 is 5.91 Å². The van der Waals surface area contributed by atoms with E-state index in [-0.39, 0.29) is 5.91 Å². The predicted octanol–water partition coefficient (Wildman–Crippen LogP) is 1.68. The van der Waals surface area contributed by atoms with E-state index < -0.39 is 0 Å². The maximum Gasteiger partial charge on any atom is 0.253 e. The molecule has 1 aromatic carbocycles. The van der Waals surface area contributed by atoms with Crippen molar-refractivity contribution in [3.05, 3.63) is 35.4 Å². The molecule has 0 radical (unpaired) electrons. The van der Waals surface area contributed by atoms with Crippen LogP contribution in [0.2, 0.25) is 0 Å². The third-order valence-electron chi connectivity index (χ3n) is 3.31. The van der Waals surface area contributed by atoms with Crippen LogP contribution in [0.1, 0.15) is 22.3 Å². The van der Waals surface area contributed by atoms with E-state index in [2.05, 4.69) is 5.32 Å². The molecule has 0 saturated carbocycles. The molecule has 1 saturated heterocycles. The van der Waals surface area contributed by atoms with Gasteiger partial charge in [0.25, 0.3) is 5.91 Å². The average molecular weight is 232 g/mol. The molecule has 3 heteroatoms. The van der Waals surface area contributed by atoms with E-state index in [1.54, 1.807) is 0 Å². The molecular weight excluding hydrogens is 212 g/mol. The van der Waals surface area contributed by atoms with Crippen LogP contribution in [-0.2, 0) is 0 Å². The van der Waals surface area contributed by atoms with Gasteiger partial charge in [-0.05, 0) is 45.0 Å². The van der Waals surface area contributed by atoms with Crippen molar-refractivity contribution in [2.75, 3.05) is 26.7 Å². The van der Waals surface area contributed by atoms with Crippen molar-refractivity contribution in [2.45, 2.75) is 13.3 Å². The molecule has 0 aliphatic carbocycles. The molecule has 1 amide bonds. The lowest BCUT2D eigenvalue weighted by Gasteiger charge is -2.39. The van der Waals surface area contributed by atoms with Gasteiger partial charge in [0, 0.05) is 18.7 Å². The molecule has 0 unspecified atom stereocenters. The number of likely N-dealkylation sites (tertiary alicyclic amines) is 1. The molecule has 0 atom stereocenters. The second-order valence-corrected chi connectivity index (χ2v) is 4.84. The van der Waals surface area contributed by atoms with Crippen molar-refractivity contribution < 1.29 is 4.79 Å². The third kappa shape index (κ3) is 2.86. The van der Waals surface area contributed by atoms with Gasteiger partial charge < -0.3 is 10.2 Å². The van der Waals surface area contributed by atoms with E-state index in [1.165, 1.54) is 0 Å². The summed E-state index contributed by atoms with van der Waals surface area (Å²) < 4.78 is 0. The van der Waals surface area contributed by atoms with Gasteiger partial charge in [-0.15, -0.1) is 0 Å². The molecule has 1 heterocycles. The first kappa shape index (κ1) is 12.1. The van der Waals surface area contributed by atoms with E-state index >= 15 is 0 Å². The lowest BCUT2D eigenvalue weighted by Crippen LogP contribution is -2.50. The van der Waals surface area contributed by atoms with Gasteiger partial charge in [-0.2, -0.15) is 0 Å². The number of hydrogen-bond acceptors (Lipinski definition) is 2. The van der Waals surface area contributed by atoms with Crippen molar-refractivity contribution in [3.63, 3.8) is 0 Å². The van der Waals surface area contributed by atoms with E-state index in [0.717, 1.165) is 37.2 Å². The van der Waals surface area contributed by atoms with Gasteiger partial charge in [-0.25, -0.2) is 0 Å². The average Bonchev–Trinajstić information content (AvgIpc) is 2.27. The first-order valence-electron chi connectivity index (χ1n) is 6.21. The Bertz CT molecular complexity index is 397. The molecule has 17 heavy (non-hydrogen) atoms. The standard InChI is InChI=1S/C14H20N2O/c1-11-4-3-5-13(8-11)14(17)16-9-12(10-16)6-7-15-2/h3-5,8,12,15H,6-7,9-10H2,1-2H3. The van der Waals surface area contributed by atoms with Crippen LogP contribution in [0.4, 0.5) is 0 Å². The zero-order valence-electron chi connectivity index (χ0n) is 10.6. The predicted molar refractivity (Wildman–Crippen MR) is 69.1 cm³/mol. The van der Waals surface area contributed by atoms with Crippen LogP contribution >= 0.6 is 0 Å². The van der Waals surface area contributed by atoms with Gasteiger partial charge in [0.15, 0.2) is 0 Å². The van der Waals surface area contributed by atoms with Crippen LogP contribution in [0, 0.1) is 12.8 Å². The maximum atomic E-state index is 12.1. The van der Waals surface area contributed by atoms with Crippen molar-refractivity contribution in [1.29, 1.82) is 0 Å². The van der Waals surface area contributed by atoms with Gasteiger partial charge in [-0.3, -0.25) is 4.79 Å². The smallest absolute Gasteiger partial charge is 0.253 e. The molecule has 1 aromatic rings. The zero-order valence-corrected chi connectivity index (χ0v) is 10.6. The molecule has 3 nitrogen and oxygen atoms in total. The van der Waals surface area contributed by atoms with E-state index in [1.807, 2.05) is 43.1 Å². The summed E-state index contributed by atoms with van der Waals surface area (Å²) in [6.45, 7) is 4.88. The fraction of sp³-hybridized carbons (Fsp3) is 0.500. The Morgan fingerprint density at radius 3 is 2.88 bits per heavy atom. The highest BCUT2D eigenvalue weighted by molar-refractivity contribution is 5.94. The third-order valence-corrected chi connectivity index (χ3v) is 3.31. The second kappa shape index (κ2) is 5.32. The molecular formula is C14H20N2O. The Kier molecular flexibility index (Phi) is 3.79. The topological polar surface area (TPSA) is 32.3 Å². The number of benzene rings is 1. The molecule has 92 valence electrons. The minimum atomic E-state index is 0.175. The molecule has 0 aromatic heterocycles. The Morgan fingerprint density at radius 1 is 1.47 bits per heavy atom. The molecule has 1 aliphatic heterocycles. The van der Waals surface area contributed by atoms with Gasteiger partial charge in [0.2, 0.25) is 0 Å². The number of rotatable bonds is 4. The first-order valence-corrected chi connectivity index (χ1v) is 6.21. The number of nitrogens with zero attached hydrogens (tertiary/aromatic N) is 1. The molecule has 1 N–H and O–H groups in total. The molecule has 0 bridgehead atoms. The highest BCUT2D eigenvalue weighted by Gasteiger charge is 2.30. The summed E-state index contributed by atoms with van der Waals surface area (Å²) in [7, 11) is 1.97. The number of hydrogen-bond donors (Lipinski definition) is 1. The van der Waals surface area contributed by atoms with Gasteiger partial charge >= 0.3 is 0 Å². The lowest BCUT2D eigenvalue weighted by atomic mass is 9.95. The molecule has 1 fully saturated rings.